The molecule has 9 N–H and O–H groups in total. The molecule has 0 aromatic carbocycles. The molecule has 3 fully saturated rings. The van der Waals surface area contributed by atoms with E-state index in [1.165, 1.54) is 0 Å². The number of aliphatic hydroxyl groups excluding tert-OH is 9. The van der Waals surface area contributed by atoms with Crippen LogP contribution in [0, 0.1) is 125 Å². The molecule has 61 heavy (non-hydrogen) atoms. The zero-order valence-electron chi connectivity index (χ0n) is 44.9. The molecule has 0 bridgehead atoms. The summed E-state index contributed by atoms with van der Waals surface area (Å²) in [6.45, 7) is 42.5. The van der Waals surface area contributed by atoms with Gasteiger partial charge in [0.05, 0.1) is 18.3 Å². The van der Waals surface area contributed by atoms with E-state index in [2.05, 4.69) is 118 Å². The van der Waals surface area contributed by atoms with Gasteiger partial charge in [0, 0.05) is 91.5 Å². The summed E-state index contributed by atoms with van der Waals surface area (Å²) in [6.07, 6.45) is -1.30. The van der Waals surface area contributed by atoms with Gasteiger partial charge < -0.3 is 68.2 Å². The van der Waals surface area contributed by atoms with Gasteiger partial charge in [0.25, 0.3) is 0 Å². The van der Waals surface area contributed by atoms with E-state index in [0.717, 1.165) is 117 Å². The minimum atomic E-state index is -0.433. The second kappa shape index (κ2) is 59.8. The van der Waals surface area contributed by atoms with Crippen LogP contribution in [0.3, 0.4) is 0 Å². The van der Waals surface area contributed by atoms with Crippen LogP contribution in [0.4, 0.5) is 0 Å². The summed E-state index contributed by atoms with van der Waals surface area (Å²) < 4.78 is 0. The van der Waals surface area contributed by atoms with Crippen molar-refractivity contribution < 1.29 is 111 Å². The van der Waals surface area contributed by atoms with Crippen molar-refractivity contribution in [3.05, 3.63) is 36.5 Å². The first-order chi connectivity index (χ1) is 25.6. The van der Waals surface area contributed by atoms with Crippen LogP contribution >= 0.6 is 0 Å². The number of hydrogen-bond donors (Lipinski definition) is 9. The summed E-state index contributed by atoms with van der Waals surface area (Å²) in [5.41, 5.74) is 0. The van der Waals surface area contributed by atoms with Crippen molar-refractivity contribution in [2.45, 2.75) is 143 Å². The van der Waals surface area contributed by atoms with Crippen LogP contribution in [0.1, 0.15) is 125 Å². The molecule has 0 spiro atoms. The molecule has 0 heterocycles. The van der Waals surface area contributed by atoms with E-state index in [-0.39, 0.29) is 87.4 Å². The van der Waals surface area contributed by atoms with E-state index in [0.29, 0.717) is 19.6 Å². The quantitative estimate of drug-likeness (QED) is 0.0919. The predicted octanol–water partition coefficient (Wildman–Crippen LogP) is 9.05. The molecule has 1 radical (unpaired) electrons. The van der Waals surface area contributed by atoms with Gasteiger partial charge in [-0.15, -0.1) is 0 Å². The van der Waals surface area contributed by atoms with E-state index in [4.69, 9.17) is 46.0 Å². The Morgan fingerprint density at radius 1 is 0.311 bits per heavy atom. The average molecular weight is 991 g/mol. The van der Waals surface area contributed by atoms with Crippen molar-refractivity contribution in [3.63, 3.8) is 0 Å². The van der Waals surface area contributed by atoms with Crippen molar-refractivity contribution in [2.75, 3.05) is 48.1 Å². The van der Waals surface area contributed by atoms with Crippen molar-refractivity contribution in [1.29, 1.82) is 0 Å². The Kier molecular flexibility index (Phi) is 94.7. The van der Waals surface area contributed by atoms with Gasteiger partial charge in [0.2, 0.25) is 0 Å². The molecule has 3 rings (SSSR count). The fourth-order valence-electron chi connectivity index (χ4n) is 8.53. The normalized spacial score (nSPS) is 31.9. The first-order valence-corrected chi connectivity index (χ1v) is 20.8. The summed E-state index contributed by atoms with van der Waals surface area (Å²) >= 11 is 0. The van der Waals surface area contributed by atoms with E-state index in [9.17, 15) is 0 Å². The monoisotopic (exact) mass is 991 g/mol. The average Bonchev–Trinajstić information content (AvgIpc) is 3.55. The third kappa shape index (κ3) is 40.5. The zero-order chi connectivity index (χ0) is 46.1. The van der Waals surface area contributed by atoms with Gasteiger partial charge in [-0.3, -0.25) is 4.90 Å². The summed E-state index contributed by atoms with van der Waals surface area (Å²) in [5, 5.41) is 68.9. The van der Waals surface area contributed by atoms with Crippen molar-refractivity contribution >= 4 is 0 Å². The van der Waals surface area contributed by atoms with Gasteiger partial charge in [0.1, 0.15) is 0 Å². The first kappa shape index (κ1) is 96.7. The largest absolute Gasteiger partial charge is 3.00 e. The first-order valence-electron chi connectivity index (χ1n) is 20.8. The maximum atomic E-state index is 9.14. The van der Waals surface area contributed by atoms with E-state index in [1.54, 1.807) is 20.8 Å². The zero-order valence-corrected chi connectivity index (χ0v) is 49.6. The van der Waals surface area contributed by atoms with E-state index in [1.807, 2.05) is 4.90 Å². The summed E-state index contributed by atoms with van der Waals surface area (Å²) in [6, 6.07) is 0. The number of aliphatic hydroxyl groups is 9. The molecule has 377 valence electrons. The van der Waals surface area contributed by atoms with E-state index < -0.39 is 18.3 Å². The third-order valence-corrected chi connectivity index (χ3v) is 14.0. The Bertz CT molecular complexity index is 534. The van der Waals surface area contributed by atoms with Gasteiger partial charge in [-0.1, -0.05) is 104 Å². The smallest absolute Gasteiger partial charge is 0.569 e. The van der Waals surface area contributed by atoms with E-state index >= 15 is 0 Å². The summed E-state index contributed by atoms with van der Waals surface area (Å²) in [4.78, 5) is 1.85. The molecule has 3 unspecified atom stereocenters. The second-order valence-electron chi connectivity index (χ2n) is 16.7. The fourth-order valence-corrected chi connectivity index (χ4v) is 8.53. The van der Waals surface area contributed by atoms with Crippen molar-refractivity contribution in [3.8, 4) is 0 Å². The fraction of sp³-hybridized carbons (Fsp3) is 0.896. The maximum Gasteiger partial charge on any atom is 3.00 e. The Morgan fingerprint density at radius 3 is 0.426 bits per heavy atom. The van der Waals surface area contributed by atoms with Crippen molar-refractivity contribution in [1.82, 2.24) is 4.90 Å². The van der Waals surface area contributed by atoms with Crippen LogP contribution in [-0.2, 0) is 65.2 Å². The SMILES string of the molecule is CC(O)CN(CC(C)O)CC(C)O.CC1C(C)C(C)C(C)C1C.CC1C(C)C(C)C(C)C1C.CC1C(C)C(C)C(C)C1C.CO.CO.CO.CO.[CH2-]O.[CH2-]O.[CH3-].[CH3-].[CH3-].[Ti+3].[Ti].[Ti]. The van der Waals surface area contributed by atoms with Gasteiger partial charge in [-0.05, 0) is 110 Å². The van der Waals surface area contributed by atoms with Crippen molar-refractivity contribution in [2.24, 2.45) is 88.8 Å². The van der Waals surface area contributed by atoms with Gasteiger partial charge in [-0.25, -0.2) is 14.2 Å². The maximum absolute atomic E-state index is 9.14. The van der Waals surface area contributed by atoms with Gasteiger partial charge >= 0.3 is 21.7 Å². The van der Waals surface area contributed by atoms with Crippen LogP contribution in [0.5, 0.6) is 0 Å². The molecule has 0 saturated heterocycles. The van der Waals surface area contributed by atoms with Crippen LogP contribution in [-0.4, -0.2) is 117 Å². The topological polar surface area (TPSA) is 185 Å². The molecule has 0 aromatic heterocycles. The molecule has 3 saturated carbocycles. The van der Waals surface area contributed by atoms with Crippen LogP contribution in [0.2, 0.25) is 0 Å². The number of hydrogen-bond acceptors (Lipinski definition) is 10. The third-order valence-electron chi connectivity index (χ3n) is 14.0. The molecule has 3 aliphatic rings. The number of rotatable bonds is 6. The minimum Gasteiger partial charge on any atom is -0.569 e. The summed E-state index contributed by atoms with van der Waals surface area (Å²) in [7, 11) is 8.50. The predicted molar refractivity (Wildman–Crippen MR) is 255 cm³/mol. The van der Waals surface area contributed by atoms with Crippen LogP contribution < -0.4 is 0 Å². The molecule has 0 aromatic rings. The Hall–Kier alpha value is 1.74. The van der Waals surface area contributed by atoms with Gasteiger partial charge in [0.15, 0.2) is 0 Å². The summed E-state index contributed by atoms with van der Waals surface area (Å²) in [5.74, 6) is 14.0. The Labute approximate surface area is 429 Å². The minimum absolute atomic E-state index is 0. The Balaban J connectivity index is -0.0000000410. The molecule has 3 aliphatic carbocycles. The molecule has 13 heteroatoms. The molecule has 10 nitrogen and oxygen atoms in total. The second-order valence-corrected chi connectivity index (χ2v) is 16.7. The molecule has 0 aliphatic heterocycles. The molecule has 0 amide bonds. The molecular formula is C48H112NO9Ti3-2. The number of nitrogens with zero attached hydrogens (tertiary/aromatic N) is 1. The molecular weight excluding hydrogens is 878 g/mol. The van der Waals surface area contributed by atoms with Crippen LogP contribution in [0.15, 0.2) is 0 Å². The standard InChI is InChI=1S/3C10H20.C9H21NO3.4CH4O.2CH3O.3CH3.3Ti/c3*1-6-7(2)9(4)10(5)8(6)3;1-7(11)4-10(5-8(2)12)6-9(3)13;6*1-2;;;;;;/h3*6-10H,1-5H3;7-9,11-13H,4-6H2,1-3H3;4*2H,1H3;2*2H,1H2;3*1H3;;;/q;;;;;;;;5*-1;;;+3. The Morgan fingerprint density at radius 2 is 0.377 bits per heavy atom. The van der Waals surface area contributed by atoms with Gasteiger partial charge in [-0.2, -0.15) is 0 Å². The van der Waals surface area contributed by atoms with Crippen LogP contribution in [0.25, 0.3) is 0 Å². The molecule has 3 atom stereocenters.